The highest BCUT2D eigenvalue weighted by Gasteiger charge is 2.14. The lowest BCUT2D eigenvalue weighted by atomic mass is 10.1. The number of rotatable bonds is 5. The van der Waals surface area contributed by atoms with E-state index in [9.17, 15) is 0 Å². The topological polar surface area (TPSA) is 61.9 Å². The maximum absolute atomic E-state index is 6.21. The van der Waals surface area contributed by atoms with Gasteiger partial charge in [0.1, 0.15) is 0 Å². The van der Waals surface area contributed by atoms with Crippen LogP contribution in [-0.4, -0.2) is 15.5 Å². The molecule has 3 aromatic rings. The summed E-state index contributed by atoms with van der Waals surface area (Å²) < 4.78 is 0. The summed E-state index contributed by atoms with van der Waals surface area (Å²) in [7, 11) is 0. The lowest BCUT2D eigenvalue weighted by Gasteiger charge is -2.21. The van der Waals surface area contributed by atoms with Gasteiger partial charge in [-0.2, -0.15) is 4.98 Å². The third-order valence-electron chi connectivity index (χ3n) is 3.54. The Balaban J connectivity index is 1.90. The minimum atomic E-state index is -0.167. The second-order valence-electron chi connectivity index (χ2n) is 7.08. The van der Waals surface area contributed by atoms with Crippen molar-refractivity contribution in [1.29, 1.82) is 0 Å². The second-order valence-corrected chi connectivity index (χ2v) is 7.92. The van der Waals surface area contributed by atoms with E-state index in [1.165, 1.54) is 0 Å². The SMILES string of the molecule is CC(C)(C)Nc1nc(NNc2ccc(Cl)cc2Cl)cc(-c2ccccc2)n1. The van der Waals surface area contributed by atoms with Crippen LogP contribution in [0.5, 0.6) is 0 Å². The van der Waals surface area contributed by atoms with Gasteiger partial charge in [0.05, 0.1) is 16.4 Å². The molecular weight excluding hydrogens is 381 g/mol. The third kappa shape index (κ3) is 5.49. The van der Waals surface area contributed by atoms with E-state index in [2.05, 4.69) is 46.9 Å². The number of nitrogens with zero attached hydrogens (tertiary/aromatic N) is 2. The molecular formula is C20H21Cl2N5. The molecule has 0 aliphatic heterocycles. The van der Waals surface area contributed by atoms with E-state index in [1.807, 2.05) is 36.4 Å². The first-order chi connectivity index (χ1) is 12.8. The average Bonchev–Trinajstić information content (AvgIpc) is 2.60. The lowest BCUT2D eigenvalue weighted by molar-refractivity contribution is 0.626. The van der Waals surface area contributed by atoms with Crippen molar-refractivity contribution in [3.05, 3.63) is 64.6 Å². The summed E-state index contributed by atoms with van der Waals surface area (Å²) in [6.07, 6.45) is 0. The fourth-order valence-corrected chi connectivity index (χ4v) is 2.84. The maximum atomic E-state index is 6.21. The van der Waals surface area contributed by atoms with Crippen molar-refractivity contribution in [2.75, 3.05) is 16.2 Å². The van der Waals surface area contributed by atoms with Gasteiger partial charge in [-0.3, -0.25) is 10.9 Å². The van der Waals surface area contributed by atoms with Crippen molar-refractivity contribution in [1.82, 2.24) is 9.97 Å². The molecule has 2 aromatic carbocycles. The number of anilines is 3. The highest BCUT2D eigenvalue weighted by molar-refractivity contribution is 6.36. The van der Waals surface area contributed by atoms with E-state index in [0.29, 0.717) is 27.5 Å². The fraction of sp³-hybridized carbons (Fsp3) is 0.200. The van der Waals surface area contributed by atoms with Gasteiger partial charge in [-0.15, -0.1) is 0 Å². The zero-order chi connectivity index (χ0) is 19.4. The molecule has 0 radical (unpaired) electrons. The number of aromatic nitrogens is 2. The molecule has 0 spiro atoms. The molecule has 0 aliphatic carbocycles. The monoisotopic (exact) mass is 401 g/mol. The summed E-state index contributed by atoms with van der Waals surface area (Å²) >= 11 is 12.2. The van der Waals surface area contributed by atoms with Crippen molar-refractivity contribution in [2.24, 2.45) is 0 Å². The van der Waals surface area contributed by atoms with Crippen molar-refractivity contribution in [3.8, 4) is 11.3 Å². The Morgan fingerprint density at radius 3 is 2.26 bits per heavy atom. The third-order valence-corrected chi connectivity index (χ3v) is 4.09. The Hall–Kier alpha value is -2.50. The minimum Gasteiger partial charge on any atom is -0.350 e. The Morgan fingerprint density at radius 2 is 1.59 bits per heavy atom. The van der Waals surface area contributed by atoms with Gasteiger partial charge in [0.25, 0.3) is 0 Å². The van der Waals surface area contributed by atoms with Gasteiger partial charge >= 0.3 is 0 Å². The summed E-state index contributed by atoms with van der Waals surface area (Å²) in [6.45, 7) is 6.18. The molecule has 27 heavy (non-hydrogen) atoms. The van der Waals surface area contributed by atoms with Crippen molar-refractivity contribution < 1.29 is 0 Å². The highest BCUT2D eigenvalue weighted by atomic mass is 35.5. The predicted molar refractivity (Wildman–Crippen MR) is 115 cm³/mol. The quantitative estimate of drug-likeness (QED) is 0.450. The molecule has 0 saturated carbocycles. The van der Waals surface area contributed by atoms with Gasteiger partial charge in [0.15, 0.2) is 5.82 Å². The normalized spacial score (nSPS) is 11.1. The molecule has 1 heterocycles. The molecule has 3 N–H and O–H groups in total. The summed E-state index contributed by atoms with van der Waals surface area (Å²) in [5.41, 5.74) is 8.50. The van der Waals surface area contributed by atoms with E-state index in [4.69, 9.17) is 23.2 Å². The van der Waals surface area contributed by atoms with Gasteiger partial charge in [-0.25, -0.2) is 4.98 Å². The molecule has 0 amide bonds. The second kappa shape index (κ2) is 8.03. The van der Waals surface area contributed by atoms with Gasteiger partial charge in [-0.05, 0) is 39.0 Å². The fourth-order valence-electron chi connectivity index (χ4n) is 2.38. The zero-order valence-corrected chi connectivity index (χ0v) is 16.9. The first-order valence-electron chi connectivity index (χ1n) is 8.50. The van der Waals surface area contributed by atoms with Crippen LogP contribution in [0.4, 0.5) is 17.5 Å². The van der Waals surface area contributed by atoms with Crippen LogP contribution >= 0.6 is 23.2 Å². The summed E-state index contributed by atoms with van der Waals surface area (Å²) in [5, 5.41) is 4.41. The predicted octanol–water partition coefficient (Wildman–Crippen LogP) is 6.10. The average molecular weight is 402 g/mol. The standard InChI is InChI=1S/C20H21Cl2N5/c1-20(2,3)25-19-23-17(13-7-5-4-6-8-13)12-18(24-19)27-26-16-10-9-14(21)11-15(16)22/h4-12,26H,1-3H3,(H2,23,24,25,27). The number of benzene rings is 2. The number of hydrogen-bond acceptors (Lipinski definition) is 5. The molecule has 0 atom stereocenters. The van der Waals surface area contributed by atoms with Gasteiger partial charge in [-0.1, -0.05) is 53.5 Å². The van der Waals surface area contributed by atoms with Crippen LogP contribution in [0, 0.1) is 0 Å². The highest BCUT2D eigenvalue weighted by Crippen LogP contribution is 2.26. The van der Waals surface area contributed by atoms with E-state index < -0.39 is 0 Å². The van der Waals surface area contributed by atoms with E-state index in [-0.39, 0.29) is 5.54 Å². The molecule has 140 valence electrons. The lowest BCUT2D eigenvalue weighted by Crippen LogP contribution is -2.27. The molecule has 7 heteroatoms. The summed E-state index contributed by atoms with van der Waals surface area (Å²) in [5.74, 6) is 1.15. The Kier molecular flexibility index (Phi) is 5.73. The molecule has 5 nitrogen and oxygen atoms in total. The number of halogens is 2. The number of hydrogen-bond donors (Lipinski definition) is 3. The number of hydrazine groups is 1. The van der Waals surface area contributed by atoms with E-state index in [1.54, 1.807) is 18.2 Å². The van der Waals surface area contributed by atoms with Crippen LogP contribution in [0.25, 0.3) is 11.3 Å². The Morgan fingerprint density at radius 1 is 0.852 bits per heavy atom. The summed E-state index contributed by atoms with van der Waals surface area (Å²) in [4.78, 5) is 9.18. The van der Waals surface area contributed by atoms with E-state index >= 15 is 0 Å². The van der Waals surface area contributed by atoms with Gasteiger partial charge < -0.3 is 5.32 Å². The van der Waals surface area contributed by atoms with Crippen molar-refractivity contribution in [2.45, 2.75) is 26.3 Å². The molecule has 0 saturated heterocycles. The van der Waals surface area contributed by atoms with Crippen LogP contribution in [0.15, 0.2) is 54.6 Å². The van der Waals surface area contributed by atoms with Gasteiger partial charge in [0.2, 0.25) is 5.95 Å². The van der Waals surface area contributed by atoms with Crippen LogP contribution < -0.4 is 16.2 Å². The minimum absolute atomic E-state index is 0.167. The van der Waals surface area contributed by atoms with Crippen LogP contribution in [0.2, 0.25) is 10.0 Å². The van der Waals surface area contributed by atoms with Gasteiger partial charge in [0, 0.05) is 22.2 Å². The molecule has 1 aromatic heterocycles. The molecule has 0 fully saturated rings. The maximum Gasteiger partial charge on any atom is 0.225 e. The van der Waals surface area contributed by atoms with E-state index in [0.717, 1.165) is 11.3 Å². The summed E-state index contributed by atoms with van der Waals surface area (Å²) in [6, 6.07) is 17.1. The van der Waals surface area contributed by atoms with Crippen LogP contribution in [0.3, 0.4) is 0 Å². The Labute approximate surface area is 169 Å². The van der Waals surface area contributed by atoms with Crippen molar-refractivity contribution >= 4 is 40.7 Å². The number of nitrogens with one attached hydrogen (secondary N) is 3. The molecule has 0 aliphatic rings. The van der Waals surface area contributed by atoms with Crippen LogP contribution in [-0.2, 0) is 0 Å². The first-order valence-corrected chi connectivity index (χ1v) is 9.25. The smallest absolute Gasteiger partial charge is 0.225 e. The Bertz CT molecular complexity index is 923. The van der Waals surface area contributed by atoms with Crippen LogP contribution in [0.1, 0.15) is 20.8 Å². The molecule has 3 rings (SSSR count). The largest absolute Gasteiger partial charge is 0.350 e. The first kappa shape index (κ1) is 19.3. The molecule has 0 bridgehead atoms. The molecule has 0 unspecified atom stereocenters. The zero-order valence-electron chi connectivity index (χ0n) is 15.3. The van der Waals surface area contributed by atoms with Crippen molar-refractivity contribution in [3.63, 3.8) is 0 Å².